The van der Waals surface area contributed by atoms with Gasteiger partial charge in [-0.15, -0.1) is 0 Å². The zero-order valence-corrected chi connectivity index (χ0v) is 13.3. The van der Waals surface area contributed by atoms with Crippen LogP contribution in [0.1, 0.15) is 50.6 Å². The largest absolute Gasteiger partial charge is 0.389 e. The molecule has 0 amide bonds. The highest BCUT2D eigenvalue weighted by Gasteiger charge is 2.32. The summed E-state index contributed by atoms with van der Waals surface area (Å²) in [7, 11) is 2.03. The minimum atomic E-state index is -0.396. The number of nitrogens with zero attached hydrogens (tertiary/aromatic N) is 3. The lowest BCUT2D eigenvalue weighted by molar-refractivity contribution is -0.0326. The summed E-state index contributed by atoms with van der Waals surface area (Å²) < 4.78 is 2.00. The van der Waals surface area contributed by atoms with Crippen molar-refractivity contribution in [3.05, 3.63) is 18.0 Å². The molecule has 1 aliphatic carbocycles. The molecule has 0 bridgehead atoms. The van der Waals surface area contributed by atoms with Crippen LogP contribution >= 0.6 is 0 Å². The van der Waals surface area contributed by atoms with Crippen LogP contribution in [0.5, 0.6) is 0 Å². The maximum absolute atomic E-state index is 10.7. The number of hydrogen-bond donors (Lipinski definition) is 1. The van der Waals surface area contributed by atoms with Crippen molar-refractivity contribution in [2.24, 2.45) is 13.0 Å². The van der Waals surface area contributed by atoms with Gasteiger partial charge in [0.2, 0.25) is 0 Å². The quantitative estimate of drug-likeness (QED) is 0.926. The molecule has 4 nitrogen and oxygen atoms in total. The molecule has 118 valence electrons. The van der Waals surface area contributed by atoms with E-state index in [1.54, 1.807) is 0 Å². The maximum Gasteiger partial charge on any atom is 0.0774 e. The molecule has 1 aromatic rings. The Morgan fingerprint density at radius 3 is 2.57 bits per heavy atom. The van der Waals surface area contributed by atoms with Gasteiger partial charge in [-0.25, -0.2) is 0 Å². The topological polar surface area (TPSA) is 41.3 Å². The number of aromatic nitrogens is 2. The highest BCUT2D eigenvalue weighted by atomic mass is 16.3. The van der Waals surface area contributed by atoms with Crippen LogP contribution in [0, 0.1) is 5.92 Å². The molecule has 3 rings (SSSR count). The Balaban J connectivity index is 1.45. The smallest absolute Gasteiger partial charge is 0.0774 e. The molecule has 1 aromatic heterocycles. The molecule has 0 spiro atoms. The fourth-order valence-electron chi connectivity index (χ4n) is 4.03. The van der Waals surface area contributed by atoms with E-state index in [0.717, 1.165) is 44.8 Å². The number of rotatable bonds is 4. The summed E-state index contributed by atoms with van der Waals surface area (Å²) in [6.45, 7) is 3.18. The minimum Gasteiger partial charge on any atom is -0.389 e. The highest BCUT2D eigenvalue weighted by molar-refractivity contribution is 5.01. The van der Waals surface area contributed by atoms with Gasteiger partial charge >= 0.3 is 0 Å². The molecule has 0 aromatic carbocycles. The summed E-state index contributed by atoms with van der Waals surface area (Å²) in [4.78, 5) is 2.49. The van der Waals surface area contributed by atoms with Crippen molar-refractivity contribution in [1.82, 2.24) is 14.7 Å². The van der Waals surface area contributed by atoms with Gasteiger partial charge in [-0.2, -0.15) is 5.10 Å². The Labute approximate surface area is 128 Å². The van der Waals surface area contributed by atoms with Crippen molar-refractivity contribution >= 4 is 0 Å². The monoisotopic (exact) mass is 291 g/mol. The zero-order chi connectivity index (χ0) is 14.7. The van der Waals surface area contributed by atoms with Gasteiger partial charge in [0.05, 0.1) is 5.60 Å². The molecule has 1 aliphatic heterocycles. The van der Waals surface area contributed by atoms with Gasteiger partial charge < -0.3 is 10.0 Å². The summed E-state index contributed by atoms with van der Waals surface area (Å²) in [6.07, 6.45) is 11.3. The SMILES string of the molecule is Cn1nccc1CC1CCN(CC2(O)CCCCC2)CC1. The van der Waals surface area contributed by atoms with Crippen LogP contribution < -0.4 is 0 Å². The van der Waals surface area contributed by atoms with Crippen LogP contribution in [-0.2, 0) is 13.5 Å². The van der Waals surface area contributed by atoms with Gasteiger partial charge in [-0.3, -0.25) is 4.68 Å². The molecule has 2 heterocycles. The molecule has 21 heavy (non-hydrogen) atoms. The number of likely N-dealkylation sites (tertiary alicyclic amines) is 1. The Bertz CT molecular complexity index is 443. The second-order valence-electron chi connectivity index (χ2n) is 7.15. The van der Waals surface area contributed by atoms with Crippen LogP contribution in [0.15, 0.2) is 12.3 Å². The molecule has 0 atom stereocenters. The van der Waals surface area contributed by atoms with Gasteiger partial charge in [0.25, 0.3) is 0 Å². The number of hydrogen-bond acceptors (Lipinski definition) is 3. The Morgan fingerprint density at radius 2 is 1.95 bits per heavy atom. The molecule has 1 saturated carbocycles. The van der Waals surface area contributed by atoms with Crippen molar-refractivity contribution in [2.75, 3.05) is 19.6 Å². The van der Waals surface area contributed by atoms with E-state index in [0.29, 0.717) is 0 Å². The molecular weight excluding hydrogens is 262 g/mol. The third kappa shape index (κ3) is 3.86. The Morgan fingerprint density at radius 1 is 1.24 bits per heavy atom. The van der Waals surface area contributed by atoms with Crippen molar-refractivity contribution in [3.8, 4) is 0 Å². The van der Waals surface area contributed by atoms with E-state index in [-0.39, 0.29) is 0 Å². The second kappa shape index (κ2) is 6.49. The van der Waals surface area contributed by atoms with E-state index >= 15 is 0 Å². The molecule has 1 N–H and O–H groups in total. The molecule has 0 unspecified atom stereocenters. The highest BCUT2D eigenvalue weighted by Crippen LogP contribution is 2.30. The zero-order valence-electron chi connectivity index (χ0n) is 13.3. The Kier molecular flexibility index (Phi) is 4.65. The summed E-state index contributed by atoms with van der Waals surface area (Å²) >= 11 is 0. The standard InChI is InChI=1S/C17H29N3O/c1-19-16(5-10-18-19)13-15-6-11-20(12-7-15)14-17(21)8-3-2-4-9-17/h5,10,15,21H,2-4,6-9,11-14H2,1H3. The molecular formula is C17H29N3O. The Hall–Kier alpha value is -0.870. The minimum absolute atomic E-state index is 0.396. The number of piperidine rings is 1. The van der Waals surface area contributed by atoms with Crippen LogP contribution in [-0.4, -0.2) is 45.0 Å². The number of aliphatic hydroxyl groups is 1. The van der Waals surface area contributed by atoms with E-state index in [2.05, 4.69) is 16.1 Å². The summed E-state index contributed by atoms with van der Waals surface area (Å²) in [5.41, 5.74) is 0.951. The molecule has 1 saturated heterocycles. The number of aryl methyl sites for hydroxylation is 1. The van der Waals surface area contributed by atoms with E-state index in [1.807, 2.05) is 17.9 Å². The third-order valence-corrected chi connectivity index (χ3v) is 5.43. The van der Waals surface area contributed by atoms with Gasteiger partial charge in [0.15, 0.2) is 0 Å². The predicted molar refractivity (Wildman–Crippen MR) is 84.1 cm³/mol. The first-order chi connectivity index (χ1) is 10.1. The third-order valence-electron chi connectivity index (χ3n) is 5.43. The van der Waals surface area contributed by atoms with Crippen molar-refractivity contribution in [2.45, 2.75) is 57.0 Å². The first kappa shape index (κ1) is 15.0. The average Bonchev–Trinajstić information content (AvgIpc) is 2.87. The first-order valence-electron chi connectivity index (χ1n) is 8.56. The predicted octanol–water partition coefficient (Wildman–Crippen LogP) is 2.37. The van der Waals surface area contributed by atoms with Crippen LogP contribution in [0.25, 0.3) is 0 Å². The van der Waals surface area contributed by atoms with Gasteiger partial charge in [0, 0.05) is 25.5 Å². The molecule has 0 radical (unpaired) electrons. The maximum atomic E-state index is 10.7. The van der Waals surface area contributed by atoms with Crippen LogP contribution in [0.2, 0.25) is 0 Å². The normalized spacial score (nSPS) is 24.3. The van der Waals surface area contributed by atoms with Crippen molar-refractivity contribution < 1.29 is 5.11 Å². The summed E-state index contributed by atoms with van der Waals surface area (Å²) in [6, 6.07) is 2.14. The van der Waals surface area contributed by atoms with E-state index in [1.165, 1.54) is 37.8 Å². The van der Waals surface area contributed by atoms with E-state index < -0.39 is 5.60 Å². The van der Waals surface area contributed by atoms with E-state index in [9.17, 15) is 5.11 Å². The average molecular weight is 291 g/mol. The lowest BCUT2D eigenvalue weighted by Gasteiger charge is -2.40. The van der Waals surface area contributed by atoms with Gasteiger partial charge in [-0.05, 0) is 57.2 Å². The van der Waals surface area contributed by atoms with Crippen molar-refractivity contribution in [3.63, 3.8) is 0 Å². The number of β-amino-alcohol motifs (C(OH)–C–C–N with tert-alkyl or cyclic N) is 1. The fourth-order valence-corrected chi connectivity index (χ4v) is 4.03. The van der Waals surface area contributed by atoms with E-state index in [4.69, 9.17) is 0 Å². The first-order valence-corrected chi connectivity index (χ1v) is 8.56. The van der Waals surface area contributed by atoms with Gasteiger partial charge in [-0.1, -0.05) is 19.3 Å². The van der Waals surface area contributed by atoms with Crippen molar-refractivity contribution in [1.29, 1.82) is 0 Å². The fraction of sp³-hybridized carbons (Fsp3) is 0.824. The molecule has 4 heteroatoms. The lowest BCUT2D eigenvalue weighted by Crippen LogP contribution is -2.47. The van der Waals surface area contributed by atoms with Crippen LogP contribution in [0.3, 0.4) is 0 Å². The molecule has 2 fully saturated rings. The van der Waals surface area contributed by atoms with Crippen LogP contribution in [0.4, 0.5) is 0 Å². The lowest BCUT2D eigenvalue weighted by atomic mass is 9.83. The summed E-state index contributed by atoms with van der Waals surface area (Å²) in [5.74, 6) is 0.776. The second-order valence-corrected chi connectivity index (χ2v) is 7.15. The summed E-state index contributed by atoms with van der Waals surface area (Å²) in [5, 5.41) is 14.9. The van der Waals surface area contributed by atoms with Gasteiger partial charge in [0.1, 0.15) is 0 Å². The molecule has 2 aliphatic rings.